The first-order valence-electron chi connectivity index (χ1n) is 5.76. The molecule has 1 aromatic heterocycles. The molecule has 0 spiro atoms. The Morgan fingerprint density at radius 1 is 1.50 bits per heavy atom. The second-order valence-corrected chi connectivity index (χ2v) is 5.78. The van der Waals surface area contributed by atoms with Gasteiger partial charge in [0.15, 0.2) is 0 Å². The number of nitrogens with zero attached hydrogens (tertiary/aromatic N) is 2. The number of halogens is 1. The Bertz CT molecular complexity index is 319. The van der Waals surface area contributed by atoms with Gasteiger partial charge in [0.1, 0.15) is 0 Å². The Morgan fingerprint density at radius 3 is 2.50 bits per heavy atom. The molecule has 92 valence electrons. The van der Waals surface area contributed by atoms with E-state index >= 15 is 0 Å². The van der Waals surface area contributed by atoms with Gasteiger partial charge in [0, 0.05) is 7.05 Å². The van der Waals surface area contributed by atoms with E-state index in [0.717, 1.165) is 23.7 Å². The van der Waals surface area contributed by atoms with Crippen molar-refractivity contribution in [2.75, 3.05) is 6.54 Å². The van der Waals surface area contributed by atoms with Crippen LogP contribution in [0.5, 0.6) is 0 Å². The molecule has 0 saturated heterocycles. The first-order valence-corrected chi connectivity index (χ1v) is 6.13. The van der Waals surface area contributed by atoms with Gasteiger partial charge in [-0.05, 0) is 18.4 Å². The van der Waals surface area contributed by atoms with Gasteiger partial charge in [0.25, 0.3) is 0 Å². The zero-order chi connectivity index (χ0) is 12.3. The minimum atomic E-state index is 0.264. The summed E-state index contributed by atoms with van der Waals surface area (Å²) >= 11 is 6.18. The number of aromatic nitrogens is 2. The third-order valence-electron chi connectivity index (χ3n) is 2.53. The molecule has 0 aliphatic carbocycles. The van der Waals surface area contributed by atoms with Gasteiger partial charge >= 0.3 is 0 Å². The van der Waals surface area contributed by atoms with Gasteiger partial charge in [-0.2, -0.15) is 5.10 Å². The zero-order valence-electron chi connectivity index (χ0n) is 10.8. The molecule has 3 nitrogen and oxygen atoms in total. The van der Waals surface area contributed by atoms with Crippen molar-refractivity contribution in [3.63, 3.8) is 0 Å². The van der Waals surface area contributed by atoms with Gasteiger partial charge in [-0.15, -0.1) is 0 Å². The molecule has 0 aliphatic rings. The average Bonchev–Trinajstić information content (AvgIpc) is 2.43. The third-order valence-corrected chi connectivity index (χ3v) is 2.83. The van der Waals surface area contributed by atoms with Gasteiger partial charge in [0.2, 0.25) is 0 Å². The lowest BCUT2D eigenvalue weighted by atomic mass is 9.87. The van der Waals surface area contributed by atoms with Gasteiger partial charge in [-0.3, -0.25) is 4.68 Å². The van der Waals surface area contributed by atoms with Crippen molar-refractivity contribution in [2.45, 2.75) is 40.2 Å². The number of hydrogen-bond acceptors (Lipinski definition) is 2. The second kappa shape index (κ2) is 5.19. The second-order valence-electron chi connectivity index (χ2n) is 5.38. The lowest BCUT2D eigenvalue weighted by Gasteiger charge is -2.27. The zero-order valence-corrected chi connectivity index (χ0v) is 11.6. The van der Waals surface area contributed by atoms with Crippen molar-refractivity contribution in [1.82, 2.24) is 15.1 Å². The number of aryl methyl sites for hydroxylation is 1. The highest BCUT2D eigenvalue weighted by Gasteiger charge is 2.23. The standard InChI is InChI=1S/C12H22ClN3/c1-6-14-10(7-12(2,3)4)11-9(13)8-15-16(11)5/h8,10,14H,6-7H2,1-5H3. The summed E-state index contributed by atoms with van der Waals surface area (Å²) in [6, 6.07) is 0.269. The average molecular weight is 244 g/mol. The summed E-state index contributed by atoms with van der Waals surface area (Å²) in [4.78, 5) is 0. The summed E-state index contributed by atoms with van der Waals surface area (Å²) in [5.41, 5.74) is 1.35. The van der Waals surface area contributed by atoms with E-state index in [1.165, 1.54) is 0 Å². The van der Waals surface area contributed by atoms with Crippen LogP contribution in [0.15, 0.2) is 6.20 Å². The molecule has 1 rings (SSSR count). The number of hydrogen-bond donors (Lipinski definition) is 1. The minimum absolute atomic E-state index is 0.264. The molecule has 0 fully saturated rings. The molecule has 0 radical (unpaired) electrons. The van der Waals surface area contributed by atoms with Crippen LogP contribution in [0.2, 0.25) is 5.02 Å². The van der Waals surface area contributed by atoms with Crippen LogP contribution in [0.25, 0.3) is 0 Å². The largest absolute Gasteiger partial charge is 0.309 e. The van der Waals surface area contributed by atoms with E-state index in [4.69, 9.17) is 11.6 Å². The maximum atomic E-state index is 6.18. The Balaban J connectivity index is 2.93. The van der Waals surface area contributed by atoms with Crippen molar-refractivity contribution in [1.29, 1.82) is 0 Å². The number of rotatable bonds is 4. The molecule has 1 N–H and O–H groups in total. The topological polar surface area (TPSA) is 29.9 Å². The highest BCUT2D eigenvalue weighted by atomic mass is 35.5. The Labute approximate surface area is 103 Å². The highest BCUT2D eigenvalue weighted by Crippen LogP contribution is 2.32. The van der Waals surface area contributed by atoms with Crippen molar-refractivity contribution in [3.05, 3.63) is 16.9 Å². The smallest absolute Gasteiger partial charge is 0.0834 e. The predicted octanol–water partition coefficient (Wildman–Crippen LogP) is 3.16. The Kier molecular flexibility index (Phi) is 4.39. The molecule has 1 unspecified atom stereocenters. The van der Waals surface area contributed by atoms with E-state index < -0.39 is 0 Å². The minimum Gasteiger partial charge on any atom is -0.309 e. The summed E-state index contributed by atoms with van der Waals surface area (Å²) in [5.74, 6) is 0. The molecule has 0 bridgehead atoms. The van der Waals surface area contributed by atoms with E-state index in [1.54, 1.807) is 6.20 Å². The molecular weight excluding hydrogens is 222 g/mol. The quantitative estimate of drug-likeness (QED) is 0.881. The third kappa shape index (κ3) is 3.49. The van der Waals surface area contributed by atoms with Crippen LogP contribution in [0.1, 0.15) is 45.9 Å². The fraction of sp³-hybridized carbons (Fsp3) is 0.750. The van der Waals surface area contributed by atoms with Crippen LogP contribution in [-0.2, 0) is 7.05 Å². The highest BCUT2D eigenvalue weighted by molar-refractivity contribution is 6.31. The monoisotopic (exact) mass is 243 g/mol. The van der Waals surface area contributed by atoms with Crippen LogP contribution in [-0.4, -0.2) is 16.3 Å². The van der Waals surface area contributed by atoms with Crippen molar-refractivity contribution in [3.8, 4) is 0 Å². The maximum absolute atomic E-state index is 6.18. The summed E-state index contributed by atoms with van der Waals surface area (Å²) < 4.78 is 1.86. The van der Waals surface area contributed by atoms with Gasteiger partial charge in [0.05, 0.1) is 23.0 Å². The van der Waals surface area contributed by atoms with E-state index in [1.807, 2.05) is 11.7 Å². The van der Waals surface area contributed by atoms with Crippen molar-refractivity contribution >= 4 is 11.6 Å². The molecular formula is C12H22ClN3. The molecule has 0 amide bonds. The van der Waals surface area contributed by atoms with E-state index in [2.05, 4.69) is 38.1 Å². The lowest BCUT2D eigenvalue weighted by molar-refractivity contribution is 0.306. The van der Waals surface area contributed by atoms with Crippen LogP contribution < -0.4 is 5.32 Å². The normalized spacial score (nSPS) is 14.1. The maximum Gasteiger partial charge on any atom is 0.0834 e. The summed E-state index contributed by atoms with van der Waals surface area (Å²) in [5, 5.41) is 8.42. The van der Waals surface area contributed by atoms with Gasteiger partial charge in [-0.25, -0.2) is 0 Å². The molecule has 1 aromatic rings. The molecule has 0 saturated carbocycles. The molecule has 4 heteroatoms. The fourth-order valence-electron chi connectivity index (χ4n) is 1.94. The first-order chi connectivity index (χ1) is 7.35. The fourth-order valence-corrected chi connectivity index (χ4v) is 2.23. The SMILES string of the molecule is CCNC(CC(C)(C)C)c1c(Cl)cnn1C. The van der Waals surface area contributed by atoms with Crippen LogP contribution >= 0.6 is 11.6 Å². The van der Waals surface area contributed by atoms with E-state index in [9.17, 15) is 0 Å². The van der Waals surface area contributed by atoms with Crippen molar-refractivity contribution < 1.29 is 0 Å². The van der Waals surface area contributed by atoms with E-state index in [-0.39, 0.29) is 11.5 Å². The summed E-state index contributed by atoms with van der Waals surface area (Å²) in [7, 11) is 1.94. The van der Waals surface area contributed by atoms with Gasteiger partial charge in [-0.1, -0.05) is 39.3 Å². The van der Waals surface area contributed by atoms with Crippen LogP contribution in [0.3, 0.4) is 0 Å². The lowest BCUT2D eigenvalue weighted by Crippen LogP contribution is -2.27. The molecule has 0 aromatic carbocycles. The Hall–Kier alpha value is -0.540. The van der Waals surface area contributed by atoms with Gasteiger partial charge < -0.3 is 5.32 Å². The van der Waals surface area contributed by atoms with Crippen LogP contribution in [0, 0.1) is 5.41 Å². The summed E-state index contributed by atoms with van der Waals surface area (Å²) in [6.07, 6.45) is 2.75. The molecule has 0 aliphatic heterocycles. The predicted molar refractivity (Wildman–Crippen MR) is 68.7 cm³/mol. The number of nitrogens with one attached hydrogen (secondary N) is 1. The molecule has 1 atom stereocenters. The van der Waals surface area contributed by atoms with Crippen LogP contribution in [0.4, 0.5) is 0 Å². The molecule has 1 heterocycles. The van der Waals surface area contributed by atoms with E-state index in [0.29, 0.717) is 0 Å². The Morgan fingerprint density at radius 2 is 2.12 bits per heavy atom. The summed E-state index contributed by atoms with van der Waals surface area (Å²) in [6.45, 7) is 9.76. The first kappa shape index (κ1) is 13.5. The molecule has 16 heavy (non-hydrogen) atoms. The van der Waals surface area contributed by atoms with Crippen molar-refractivity contribution in [2.24, 2.45) is 12.5 Å².